The Morgan fingerprint density at radius 3 is 2.19 bits per heavy atom. The van der Waals surface area contributed by atoms with Crippen LogP contribution in [0.3, 0.4) is 0 Å². The van der Waals surface area contributed by atoms with Crippen molar-refractivity contribution in [2.75, 3.05) is 6.61 Å². The molecule has 0 aliphatic heterocycles. The lowest BCUT2D eigenvalue weighted by atomic mass is 9.62. The van der Waals surface area contributed by atoms with Crippen molar-refractivity contribution in [3.63, 3.8) is 0 Å². The van der Waals surface area contributed by atoms with Crippen molar-refractivity contribution in [2.24, 2.45) is 11.3 Å². The average molecular weight is 230 g/mol. The fourth-order valence-electron chi connectivity index (χ4n) is 1.86. The summed E-state index contributed by atoms with van der Waals surface area (Å²) >= 11 is 0. The Bertz CT molecular complexity index is 296. The molecule has 1 rings (SSSR count). The maximum absolute atomic E-state index is 11.8. The first-order chi connectivity index (χ1) is 7.21. The molecule has 0 amide bonds. The Labute approximate surface area is 94.4 Å². The number of rotatable bonds is 3. The number of aliphatic hydroxyl groups is 1. The summed E-state index contributed by atoms with van der Waals surface area (Å²) in [5.41, 5.74) is -2.13. The fraction of sp³-hybridized carbons (Fsp3) is 0.818. The second kappa shape index (κ2) is 4.05. The molecule has 0 bridgehead atoms. The lowest BCUT2D eigenvalue weighted by Crippen LogP contribution is -2.53. The van der Waals surface area contributed by atoms with E-state index in [2.05, 4.69) is 0 Å². The van der Waals surface area contributed by atoms with Crippen LogP contribution in [-0.4, -0.2) is 34.4 Å². The molecule has 0 saturated heterocycles. The van der Waals surface area contributed by atoms with Crippen LogP contribution < -0.4 is 0 Å². The first-order valence-electron chi connectivity index (χ1n) is 5.29. The molecule has 92 valence electrons. The number of carbonyl (C=O) groups excluding carboxylic acids is 1. The van der Waals surface area contributed by atoms with E-state index in [1.807, 2.05) is 0 Å². The molecule has 1 aliphatic rings. The van der Waals surface area contributed by atoms with Crippen molar-refractivity contribution >= 4 is 11.9 Å². The van der Waals surface area contributed by atoms with E-state index in [4.69, 9.17) is 14.9 Å². The van der Waals surface area contributed by atoms with Gasteiger partial charge in [0, 0.05) is 6.61 Å². The van der Waals surface area contributed by atoms with Crippen LogP contribution in [0, 0.1) is 11.3 Å². The summed E-state index contributed by atoms with van der Waals surface area (Å²) in [5.74, 6) is -1.97. The molecule has 1 aliphatic carbocycles. The SMILES string of the molecule is CC(C)(C)OC(=O)C1(C(=O)O)CC(CO)C1. The molecule has 0 heterocycles. The molecule has 0 unspecified atom stereocenters. The molecule has 0 spiro atoms. The van der Waals surface area contributed by atoms with E-state index >= 15 is 0 Å². The largest absolute Gasteiger partial charge is 0.480 e. The van der Waals surface area contributed by atoms with Gasteiger partial charge in [-0.05, 0) is 39.5 Å². The number of hydrogen-bond acceptors (Lipinski definition) is 4. The molecular weight excluding hydrogens is 212 g/mol. The first-order valence-corrected chi connectivity index (χ1v) is 5.29. The monoisotopic (exact) mass is 230 g/mol. The zero-order chi connectivity index (χ0) is 12.6. The molecule has 1 saturated carbocycles. The number of carboxylic acid groups (broad SMARTS) is 1. The summed E-state index contributed by atoms with van der Waals surface area (Å²) in [6.07, 6.45) is 0.321. The standard InChI is InChI=1S/C11H18O5/c1-10(2,3)16-9(15)11(8(13)14)4-7(5-11)6-12/h7,12H,4-6H2,1-3H3,(H,13,14). The normalized spacial score (nSPS) is 29.4. The zero-order valence-electron chi connectivity index (χ0n) is 9.82. The third-order valence-corrected chi connectivity index (χ3v) is 2.73. The maximum atomic E-state index is 11.8. The molecule has 0 aromatic heterocycles. The van der Waals surface area contributed by atoms with Gasteiger partial charge in [-0.1, -0.05) is 0 Å². The van der Waals surface area contributed by atoms with Gasteiger partial charge in [-0.2, -0.15) is 0 Å². The lowest BCUT2D eigenvalue weighted by Gasteiger charge is -2.42. The zero-order valence-corrected chi connectivity index (χ0v) is 9.82. The molecule has 5 nitrogen and oxygen atoms in total. The van der Waals surface area contributed by atoms with Gasteiger partial charge in [0.2, 0.25) is 0 Å². The van der Waals surface area contributed by atoms with Gasteiger partial charge < -0.3 is 14.9 Å². The summed E-state index contributed by atoms with van der Waals surface area (Å²) < 4.78 is 5.10. The van der Waals surface area contributed by atoms with Crippen molar-refractivity contribution in [1.29, 1.82) is 0 Å². The van der Waals surface area contributed by atoms with Crippen LogP contribution in [0.5, 0.6) is 0 Å². The van der Waals surface area contributed by atoms with E-state index in [9.17, 15) is 9.59 Å². The van der Waals surface area contributed by atoms with E-state index in [1.165, 1.54) is 0 Å². The number of ether oxygens (including phenoxy) is 1. The van der Waals surface area contributed by atoms with Crippen LogP contribution in [0.15, 0.2) is 0 Å². The third-order valence-electron chi connectivity index (χ3n) is 2.73. The first kappa shape index (κ1) is 13.0. The van der Waals surface area contributed by atoms with E-state index < -0.39 is 23.0 Å². The van der Waals surface area contributed by atoms with Crippen LogP contribution in [0.25, 0.3) is 0 Å². The number of aliphatic hydroxyl groups excluding tert-OH is 1. The lowest BCUT2D eigenvalue weighted by molar-refractivity contribution is -0.188. The Hall–Kier alpha value is -1.10. The molecular formula is C11H18O5. The highest BCUT2D eigenvalue weighted by Gasteiger charge is 2.57. The predicted molar refractivity (Wildman–Crippen MR) is 55.7 cm³/mol. The Morgan fingerprint density at radius 1 is 1.38 bits per heavy atom. The second-order valence-corrected chi connectivity index (χ2v) is 5.35. The topological polar surface area (TPSA) is 83.8 Å². The van der Waals surface area contributed by atoms with E-state index in [1.54, 1.807) is 20.8 Å². The van der Waals surface area contributed by atoms with Gasteiger partial charge in [-0.3, -0.25) is 9.59 Å². The number of hydrogen-bond donors (Lipinski definition) is 2. The molecule has 16 heavy (non-hydrogen) atoms. The third kappa shape index (κ3) is 2.35. The van der Waals surface area contributed by atoms with E-state index in [-0.39, 0.29) is 25.4 Å². The van der Waals surface area contributed by atoms with Crippen LogP contribution in [0.4, 0.5) is 0 Å². The summed E-state index contributed by atoms with van der Waals surface area (Å²) in [4.78, 5) is 22.9. The minimum atomic E-state index is -1.44. The Kier molecular flexibility index (Phi) is 3.28. The van der Waals surface area contributed by atoms with Gasteiger partial charge >= 0.3 is 11.9 Å². The van der Waals surface area contributed by atoms with Crippen LogP contribution in [-0.2, 0) is 14.3 Å². The minimum absolute atomic E-state index is 0.0855. The fourth-order valence-corrected chi connectivity index (χ4v) is 1.86. The molecule has 0 aromatic carbocycles. The van der Waals surface area contributed by atoms with E-state index in [0.717, 1.165) is 0 Å². The van der Waals surface area contributed by atoms with Crippen LogP contribution in [0.2, 0.25) is 0 Å². The predicted octanol–water partition coefficient (Wildman–Crippen LogP) is 0.801. The van der Waals surface area contributed by atoms with Crippen molar-refractivity contribution < 1.29 is 24.5 Å². The summed E-state index contributed by atoms with van der Waals surface area (Å²) in [6.45, 7) is 5.01. The van der Waals surface area contributed by atoms with Gasteiger partial charge in [0.1, 0.15) is 5.60 Å². The number of esters is 1. The number of aliphatic carboxylic acids is 1. The van der Waals surface area contributed by atoms with Crippen LogP contribution >= 0.6 is 0 Å². The van der Waals surface area contributed by atoms with Gasteiger partial charge in [-0.25, -0.2) is 0 Å². The van der Waals surface area contributed by atoms with E-state index in [0.29, 0.717) is 0 Å². The molecule has 5 heteroatoms. The second-order valence-electron chi connectivity index (χ2n) is 5.35. The smallest absolute Gasteiger partial charge is 0.324 e. The number of carboxylic acids is 1. The van der Waals surface area contributed by atoms with Gasteiger partial charge in [0.25, 0.3) is 0 Å². The Balaban J connectivity index is 2.74. The van der Waals surface area contributed by atoms with Crippen LogP contribution in [0.1, 0.15) is 33.6 Å². The van der Waals surface area contributed by atoms with Gasteiger partial charge in [0.15, 0.2) is 5.41 Å². The molecule has 1 fully saturated rings. The van der Waals surface area contributed by atoms with Crippen molar-refractivity contribution in [3.05, 3.63) is 0 Å². The average Bonchev–Trinajstić information content (AvgIpc) is 1.98. The van der Waals surface area contributed by atoms with Gasteiger partial charge in [0.05, 0.1) is 0 Å². The minimum Gasteiger partial charge on any atom is -0.480 e. The van der Waals surface area contributed by atoms with Gasteiger partial charge in [-0.15, -0.1) is 0 Å². The quantitative estimate of drug-likeness (QED) is 0.553. The summed E-state index contributed by atoms with van der Waals surface area (Å²) in [7, 11) is 0. The maximum Gasteiger partial charge on any atom is 0.324 e. The van der Waals surface area contributed by atoms with Crippen molar-refractivity contribution in [1.82, 2.24) is 0 Å². The van der Waals surface area contributed by atoms with Crippen molar-refractivity contribution in [3.8, 4) is 0 Å². The highest BCUT2D eigenvalue weighted by molar-refractivity contribution is 6.00. The van der Waals surface area contributed by atoms with Crippen molar-refractivity contribution in [2.45, 2.75) is 39.2 Å². The summed E-state index contributed by atoms with van der Waals surface area (Å²) in [6, 6.07) is 0. The molecule has 0 radical (unpaired) electrons. The molecule has 0 atom stereocenters. The summed E-state index contributed by atoms with van der Waals surface area (Å²) in [5, 5.41) is 18.0. The Morgan fingerprint density at radius 2 is 1.88 bits per heavy atom. The number of carbonyl (C=O) groups is 2. The highest BCUT2D eigenvalue weighted by atomic mass is 16.6. The molecule has 0 aromatic rings. The highest BCUT2D eigenvalue weighted by Crippen LogP contribution is 2.47. The molecule has 2 N–H and O–H groups in total.